The van der Waals surface area contributed by atoms with Crippen LogP contribution in [0.3, 0.4) is 0 Å². The predicted octanol–water partition coefficient (Wildman–Crippen LogP) is 3.17. The van der Waals surface area contributed by atoms with Crippen LogP contribution in [-0.4, -0.2) is 55.7 Å². The number of rotatable bonds is 8. The zero-order valence-electron chi connectivity index (χ0n) is 16.8. The second kappa shape index (κ2) is 11.3. The molecule has 1 aromatic carbocycles. The maximum absolute atomic E-state index is 5.74. The first kappa shape index (κ1) is 20.2. The summed E-state index contributed by atoms with van der Waals surface area (Å²) < 4.78 is 5.74. The summed E-state index contributed by atoms with van der Waals surface area (Å²) in [5.41, 5.74) is 1.21. The fourth-order valence-electron chi connectivity index (χ4n) is 4.18. The van der Waals surface area contributed by atoms with Crippen LogP contribution in [0.5, 0.6) is 0 Å². The standard InChI is InChI=1S/C22H36N4O/c1-2-23-22(24-14-17-27-18-19-8-4-3-5-9-19)25-20-12-15-26(16-13-20)21-10-6-7-11-21/h3-5,8-9,20-21H,2,6-7,10-18H2,1H3,(H2,23,24,25). The highest BCUT2D eigenvalue weighted by molar-refractivity contribution is 5.80. The molecule has 27 heavy (non-hydrogen) atoms. The number of guanidine groups is 1. The van der Waals surface area contributed by atoms with Gasteiger partial charge in [0.25, 0.3) is 0 Å². The van der Waals surface area contributed by atoms with Crippen LogP contribution in [0, 0.1) is 0 Å². The van der Waals surface area contributed by atoms with Crippen LogP contribution in [0.25, 0.3) is 0 Å². The quantitative estimate of drug-likeness (QED) is 0.418. The summed E-state index contributed by atoms with van der Waals surface area (Å²) in [6.07, 6.45) is 8.09. The zero-order chi connectivity index (χ0) is 18.7. The third-order valence-electron chi connectivity index (χ3n) is 5.67. The molecule has 1 saturated heterocycles. The highest BCUT2D eigenvalue weighted by atomic mass is 16.5. The first-order valence-corrected chi connectivity index (χ1v) is 10.8. The van der Waals surface area contributed by atoms with Crippen molar-refractivity contribution < 1.29 is 4.74 Å². The number of likely N-dealkylation sites (tertiary alicyclic amines) is 1. The van der Waals surface area contributed by atoms with E-state index in [1.54, 1.807) is 0 Å². The summed E-state index contributed by atoms with van der Waals surface area (Å²) in [5, 5.41) is 7.01. The van der Waals surface area contributed by atoms with E-state index in [0.717, 1.165) is 18.5 Å². The highest BCUT2D eigenvalue weighted by Gasteiger charge is 2.27. The van der Waals surface area contributed by atoms with E-state index >= 15 is 0 Å². The number of nitrogens with one attached hydrogen (secondary N) is 2. The molecule has 0 radical (unpaired) electrons. The molecule has 1 aliphatic carbocycles. The molecule has 2 fully saturated rings. The number of benzene rings is 1. The minimum atomic E-state index is 0.533. The van der Waals surface area contributed by atoms with E-state index in [-0.39, 0.29) is 0 Å². The van der Waals surface area contributed by atoms with Gasteiger partial charge < -0.3 is 20.3 Å². The Kier molecular flexibility index (Phi) is 8.43. The molecule has 0 spiro atoms. The number of hydrogen-bond acceptors (Lipinski definition) is 3. The van der Waals surface area contributed by atoms with Crippen molar-refractivity contribution in [2.24, 2.45) is 4.99 Å². The number of ether oxygens (including phenoxy) is 1. The molecule has 1 aromatic rings. The maximum atomic E-state index is 5.74. The molecule has 0 unspecified atom stereocenters. The van der Waals surface area contributed by atoms with Gasteiger partial charge in [0.05, 0.1) is 19.8 Å². The second-order valence-electron chi connectivity index (χ2n) is 7.69. The Labute approximate surface area is 164 Å². The molecule has 1 heterocycles. The van der Waals surface area contributed by atoms with Gasteiger partial charge in [0.2, 0.25) is 0 Å². The fourth-order valence-corrected chi connectivity index (χ4v) is 4.18. The first-order chi connectivity index (χ1) is 13.3. The van der Waals surface area contributed by atoms with Gasteiger partial charge in [0.1, 0.15) is 0 Å². The van der Waals surface area contributed by atoms with Crippen LogP contribution >= 0.6 is 0 Å². The molecule has 0 aromatic heterocycles. The van der Waals surface area contributed by atoms with E-state index in [0.29, 0.717) is 25.8 Å². The molecule has 5 nitrogen and oxygen atoms in total. The molecule has 1 aliphatic heterocycles. The van der Waals surface area contributed by atoms with E-state index < -0.39 is 0 Å². The lowest BCUT2D eigenvalue weighted by atomic mass is 10.0. The molecule has 1 saturated carbocycles. The second-order valence-corrected chi connectivity index (χ2v) is 7.69. The lowest BCUT2D eigenvalue weighted by Gasteiger charge is -2.36. The minimum absolute atomic E-state index is 0.533. The molecule has 2 aliphatic rings. The van der Waals surface area contributed by atoms with Crippen LogP contribution < -0.4 is 10.6 Å². The minimum Gasteiger partial charge on any atom is -0.375 e. The average Bonchev–Trinajstić information content (AvgIpc) is 3.24. The van der Waals surface area contributed by atoms with Gasteiger partial charge in [-0.15, -0.1) is 0 Å². The number of nitrogens with zero attached hydrogens (tertiary/aromatic N) is 2. The summed E-state index contributed by atoms with van der Waals surface area (Å²) in [4.78, 5) is 7.41. The van der Waals surface area contributed by atoms with Gasteiger partial charge in [-0.25, -0.2) is 0 Å². The van der Waals surface area contributed by atoms with Crippen molar-refractivity contribution in [3.05, 3.63) is 35.9 Å². The van der Waals surface area contributed by atoms with Gasteiger partial charge in [-0.1, -0.05) is 43.2 Å². The Morgan fingerprint density at radius 2 is 1.85 bits per heavy atom. The number of aliphatic imine (C=N–C) groups is 1. The largest absolute Gasteiger partial charge is 0.375 e. The summed E-state index contributed by atoms with van der Waals surface area (Å²) >= 11 is 0. The smallest absolute Gasteiger partial charge is 0.191 e. The topological polar surface area (TPSA) is 48.9 Å². The molecule has 0 bridgehead atoms. The fraction of sp³-hybridized carbons (Fsp3) is 0.682. The van der Waals surface area contributed by atoms with Gasteiger partial charge in [-0.05, 0) is 38.2 Å². The van der Waals surface area contributed by atoms with Crippen molar-refractivity contribution in [1.82, 2.24) is 15.5 Å². The van der Waals surface area contributed by atoms with Gasteiger partial charge in [-0.3, -0.25) is 4.99 Å². The Bertz CT molecular complexity index is 549. The summed E-state index contributed by atoms with van der Waals surface area (Å²) in [7, 11) is 0. The Balaban J connectivity index is 1.36. The van der Waals surface area contributed by atoms with E-state index in [1.165, 1.54) is 57.2 Å². The van der Waals surface area contributed by atoms with Crippen molar-refractivity contribution in [3.8, 4) is 0 Å². The predicted molar refractivity (Wildman–Crippen MR) is 112 cm³/mol. The molecule has 0 amide bonds. The van der Waals surface area contributed by atoms with E-state index in [2.05, 4.69) is 34.6 Å². The Hall–Kier alpha value is -1.59. The first-order valence-electron chi connectivity index (χ1n) is 10.8. The van der Waals surface area contributed by atoms with Crippen LogP contribution in [-0.2, 0) is 11.3 Å². The monoisotopic (exact) mass is 372 g/mol. The summed E-state index contributed by atoms with van der Waals surface area (Å²) in [5.74, 6) is 0.931. The SMILES string of the molecule is CCNC(=NCCOCc1ccccc1)NC1CCN(C2CCCC2)CC1. The molecular weight excluding hydrogens is 336 g/mol. The molecule has 0 atom stereocenters. The molecule has 3 rings (SSSR count). The van der Waals surface area contributed by atoms with E-state index in [9.17, 15) is 0 Å². The van der Waals surface area contributed by atoms with Crippen LogP contribution in [0.2, 0.25) is 0 Å². The Morgan fingerprint density at radius 1 is 1.11 bits per heavy atom. The van der Waals surface area contributed by atoms with Crippen molar-refractivity contribution in [3.63, 3.8) is 0 Å². The van der Waals surface area contributed by atoms with Crippen LogP contribution in [0.1, 0.15) is 51.0 Å². The van der Waals surface area contributed by atoms with Gasteiger partial charge in [-0.2, -0.15) is 0 Å². The molecular formula is C22H36N4O. The normalized spacial score (nSPS) is 20.1. The van der Waals surface area contributed by atoms with Gasteiger partial charge >= 0.3 is 0 Å². The van der Waals surface area contributed by atoms with Crippen molar-refractivity contribution in [1.29, 1.82) is 0 Å². The lowest BCUT2D eigenvalue weighted by Crippen LogP contribution is -2.50. The van der Waals surface area contributed by atoms with Crippen LogP contribution in [0.4, 0.5) is 0 Å². The number of piperidine rings is 1. The van der Waals surface area contributed by atoms with E-state index in [4.69, 9.17) is 9.73 Å². The average molecular weight is 373 g/mol. The maximum Gasteiger partial charge on any atom is 0.191 e. The molecule has 2 N–H and O–H groups in total. The summed E-state index contributed by atoms with van der Waals surface area (Å²) in [6.45, 7) is 7.43. The molecule has 150 valence electrons. The van der Waals surface area contributed by atoms with Gasteiger partial charge in [0, 0.05) is 31.7 Å². The highest BCUT2D eigenvalue weighted by Crippen LogP contribution is 2.26. The number of hydrogen-bond donors (Lipinski definition) is 2. The van der Waals surface area contributed by atoms with Crippen molar-refractivity contribution in [2.75, 3.05) is 32.8 Å². The third kappa shape index (κ3) is 6.82. The summed E-state index contributed by atoms with van der Waals surface area (Å²) in [6, 6.07) is 11.7. The van der Waals surface area contributed by atoms with Crippen LogP contribution in [0.15, 0.2) is 35.3 Å². The van der Waals surface area contributed by atoms with Gasteiger partial charge in [0.15, 0.2) is 5.96 Å². The third-order valence-corrected chi connectivity index (χ3v) is 5.67. The van der Waals surface area contributed by atoms with Crippen molar-refractivity contribution in [2.45, 2.75) is 64.1 Å². The Morgan fingerprint density at radius 3 is 2.56 bits per heavy atom. The lowest BCUT2D eigenvalue weighted by molar-refractivity contribution is 0.128. The van der Waals surface area contributed by atoms with E-state index in [1.807, 2.05) is 18.2 Å². The molecule has 5 heteroatoms. The zero-order valence-corrected chi connectivity index (χ0v) is 16.8. The van der Waals surface area contributed by atoms with Crippen molar-refractivity contribution >= 4 is 5.96 Å².